The Hall–Kier alpha value is -1.52. The lowest BCUT2D eigenvalue weighted by molar-refractivity contribution is -0.387. The molecular formula is C14H19BrN2O6S. The molecule has 0 spiro atoms. The molecule has 0 bridgehead atoms. The van der Waals surface area contributed by atoms with Gasteiger partial charge in [-0.1, -0.05) is 28.1 Å². The number of carbonyl (C=O) groups is 1. The molecule has 1 rings (SSSR count). The minimum absolute atomic E-state index is 0.0518. The van der Waals surface area contributed by atoms with Gasteiger partial charge in [-0.05, 0) is 25.8 Å². The fraction of sp³-hybridized carbons (Fsp3) is 0.500. The number of alkyl halides is 1. The second kappa shape index (κ2) is 9.09. The number of carbonyl (C=O) groups excluding carboxylic acids is 1. The lowest BCUT2D eigenvalue weighted by Crippen LogP contribution is -2.44. The number of para-hydroxylation sites is 1. The van der Waals surface area contributed by atoms with E-state index in [0.717, 1.165) is 23.5 Å². The summed E-state index contributed by atoms with van der Waals surface area (Å²) in [4.78, 5) is 21.7. The molecule has 1 atom stereocenters. The molecule has 0 unspecified atom stereocenters. The number of rotatable bonds is 9. The molecule has 0 amide bonds. The molecule has 0 aliphatic rings. The molecule has 0 saturated carbocycles. The van der Waals surface area contributed by atoms with E-state index < -0.39 is 37.5 Å². The van der Waals surface area contributed by atoms with Crippen LogP contribution in [0.3, 0.4) is 0 Å². The minimum Gasteiger partial charge on any atom is -0.468 e. The Morgan fingerprint density at radius 2 is 2.00 bits per heavy atom. The molecule has 0 aliphatic carbocycles. The Labute approximate surface area is 149 Å². The predicted octanol–water partition coefficient (Wildman–Crippen LogP) is 2.32. The summed E-state index contributed by atoms with van der Waals surface area (Å²) < 4.78 is 31.4. The van der Waals surface area contributed by atoms with E-state index in [1.165, 1.54) is 19.1 Å². The van der Waals surface area contributed by atoms with E-state index in [0.29, 0.717) is 18.2 Å². The van der Waals surface area contributed by atoms with Gasteiger partial charge in [-0.15, -0.1) is 0 Å². The van der Waals surface area contributed by atoms with Crippen LogP contribution in [-0.4, -0.2) is 48.6 Å². The van der Waals surface area contributed by atoms with Gasteiger partial charge in [-0.3, -0.25) is 14.9 Å². The van der Waals surface area contributed by atoms with Gasteiger partial charge in [0.15, 0.2) is 4.90 Å². The highest BCUT2D eigenvalue weighted by Crippen LogP contribution is 2.28. The molecule has 0 N–H and O–H groups in total. The van der Waals surface area contributed by atoms with Crippen molar-refractivity contribution in [1.29, 1.82) is 0 Å². The van der Waals surface area contributed by atoms with E-state index in [4.69, 9.17) is 0 Å². The molecule has 1 aromatic carbocycles. The van der Waals surface area contributed by atoms with Crippen LogP contribution in [0.15, 0.2) is 29.2 Å². The molecule has 0 aromatic heterocycles. The second-order valence-corrected chi connectivity index (χ2v) is 7.59. The summed E-state index contributed by atoms with van der Waals surface area (Å²) >= 11 is 3.26. The van der Waals surface area contributed by atoms with Crippen molar-refractivity contribution in [3.63, 3.8) is 0 Å². The van der Waals surface area contributed by atoms with Crippen molar-refractivity contribution in [2.75, 3.05) is 19.0 Å². The third-order valence-corrected chi connectivity index (χ3v) is 5.96. The average Bonchev–Trinajstić information content (AvgIpc) is 2.57. The first-order valence-corrected chi connectivity index (χ1v) is 9.72. The van der Waals surface area contributed by atoms with Crippen molar-refractivity contribution in [2.24, 2.45) is 0 Å². The molecule has 1 aromatic rings. The molecular weight excluding hydrogens is 404 g/mol. The summed E-state index contributed by atoms with van der Waals surface area (Å²) in [6.07, 6.45) is 1.18. The summed E-state index contributed by atoms with van der Waals surface area (Å²) in [5.41, 5.74) is -0.528. The van der Waals surface area contributed by atoms with Gasteiger partial charge >= 0.3 is 5.97 Å². The van der Waals surface area contributed by atoms with Crippen LogP contribution < -0.4 is 0 Å². The maximum Gasteiger partial charge on any atom is 0.323 e. The Morgan fingerprint density at radius 3 is 2.54 bits per heavy atom. The smallest absolute Gasteiger partial charge is 0.323 e. The van der Waals surface area contributed by atoms with E-state index in [1.807, 2.05) is 0 Å². The Balaban J connectivity index is 3.34. The van der Waals surface area contributed by atoms with E-state index in [2.05, 4.69) is 20.7 Å². The molecule has 24 heavy (non-hydrogen) atoms. The highest BCUT2D eigenvalue weighted by Gasteiger charge is 2.37. The molecule has 134 valence electrons. The number of esters is 1. The summed E-state index contributed by atoms with van der Waals surface area (Å²) in [6.45, 7) is 1.45. The summed E-state index contributed by atoms with van der Waals surface area (Å²) in [5.74, 6) is -0.726. The largest absolute Gasteiger partial charge is 0.468 e. The zero-order chi connectivity index (χ0) is 18.3. The molecule has 0 heterocycles. The maximum atomic E-state index is 12.9. The van der Waals surface area contributed by atoms with Crippen molar-refractivity contribution < 1.29 is 22.9 Å². The molecule has 0 radical (unpaired) electrons. The first kappa shape index (κ1) is 20.5. The van der Waals surface area contributed by atoms with Crippen LogP contribution in [0.25, 0.3) is 0 Å². The van der Waals surface area contributed by atoms with E-state index in [-0.39, 0.29) is 6.54 Å². The van der Waals surface area contributed by atoms with Gasteiger partial charge in [0, 0.05) is 17.9 Å². The van der Waals surface area contributed by atoms with Crippen LogP contribution in [0.2, 0.25) is 0 Å². The Morgan fingerprint density at radius 1 is 1.38 bits per heavy atom. The number of hydrogen-bond acceptors (Lipinski definition) is 6. The summed E-state index contributed by atoms with van der Waals surface area (Å²) in [6, 6.07) is 3.98. The molecule has 0 fully saturated rings. The number of unbranched alkanes of at least 4 members (excludes halogenated alkanes) is 1. The van der Waals surface area contributed by atoms with Gasteiger partial charge in [0.05, 0.1) is 12.0 Å². The number of methoxy groups -OCH3 is 1. The SMILES string of the molecule is COC(=O)[C@H](C)N(CCCCBr)S(=O)(=O)c1ccccc1[N+](=O)[O-]. The Bertz CT molecular complexity index is 694. The highest BCUT2D eigenvalue weighted by molar-refractivity contribution is 9.09. The fourth-order valence-electron chi connectivity index (χ4n) is 2.12. The molecule has 0 saturated heterocycles. The van der Waals surface area contributed by atoms with E-state index in [9.17, 15) is 23.3 Å². The van der Waals surface area contributed by atoms with E-state index in [1.54, 1.807) is 0 Å². The highest BCUT2D eigenvalue weighted by atomic mass is 79.9. The number of nitro benzene ring substituents is 1. The summed E-state index contributed by atoms with van der Waals surface area (Å²) in [7, 11) is -3.08. The van der Waals surface area contributed by atoms with Gasteiger partial charge in [0.25, 0.3) is 15.7 Å². The first-order valence-electron chi connectivity index (χ1n) is 7.16. The standard InChI is InChI=1S/C14H19BrN2O6S/c1-11(14(18)23-2)16(10-6-5-9-15)24(21,22)13-8-4-3-7-12(13)17(19)20/h3-4,7-8,11H,5-6,9-10H2,1-2H3/t11-/m0/s1. The van der Waals surface area contributed by atoms with E-state index >= 15 is 0 Å². The van der Waals surface area contributed by atoms with Gasteiger partial charge in [-0.25, -0.2) is 8.42 Å². The first-order chi connectivity index (χ1) is 11.3. The number of hydrogen-bond donors (Lipinski definition) is 0. The van der Waals surface area contributed by atoms with Crippen molar-refractivity contribution >= 4 is 37.6 Å². The van der Waals surface area contributed by atoms with Crippen LogP contribution in [0.4, 0.5) is 5.69 Å². The lowest BCUT2D eigenvalue weighted by atomic mass is 10.3. The molecule has 8 nitrogen and oxygen atoms in total. The third-order valence-electron chi connectivity index (χ3n) is 3.38. The third kappa shape index (κ3) is 4.74. The summed E-state index contributed by atoms with van der Waals surface area (Å²) in [5, 5.41) is 11.8. The molecule has 10 heteroatoms. The number of benzene rings is 1. The van der Waals surface area contributed by atoms with Crippen LogP contribution in [0.5, 0.6) is 0 Å². The number of nitrogens with zero attached hydrogens (tertiary/aromatic N) is 2. The van der Waals surface area contributed by atoms with Crippen molar-refractivity contribution in [1.82, 2.24) is 4.31 Å². The zero-order valence-corrected chi connectivity index (χ0v) is 15.7. The minimum atomic E-state index is -4.24. The van der Waals surface area contributed by atoms with Crippen LogP contribution >= 0.6 is 15.9 Å². The van der Waals surface area contributed by atoms with Gasteiger partial charge in [0.2, 0.25) is 0 Å². The second-order valence-electron chi connectivity index (χ2n) is 4.94. The van der Waals surface area contributed by atoms with Crippen molar-refractivity contribution in [3.8, 4) is 0 Å². The lowest BCUT2D eigenvalue weighted by Gasteiger charge is -2.26. The zero-order valence-electron chi connectivity index (χ0n) is 13.3. The van der Waals surface area contributed by atoms with Gasteiger partial charge in [0.1, 0.15) is 6.04 Å². The monoisotopic (exact) mass is 422 g/mol. The van der Waals surface area contributed by atoms with Gasteiger partial charge in [-0.2, -0.15) is 4.31 Å². The number of nitro groups is 1. The fourth-order valence-corrected chi connectivity index (χ4v) is 4.30. The van der Waals surface area contributed by atoms with Gasteiger partial charge < -0.3 is 4.74 Å². The number of ether oxygens (including phenoxy) is 1. The van der Waals surface area contributed by atoms with Crippen molar-refractivity contribution in [3.05, 3.63) is 34.4 Å². The van der Waals surface area contributed by atoms with Crippen molar-refractivity contribution in [2.45, 2.75) is 30.7 Å². The topological polar surface area (TPSA) is 107 Å². The quantitative estimate of drug-likeness (QED) is 0.198. The average molecular weight is 423 g/mol. The molecule has 0 aliphatic heterocycles. The number of sulfonamides is 1. The van der Waals surface area contributed by atoms with Crippen LogP contribution in [0.1, 0.15) is 19.8 Å². The normalized spacial score (nSPS) is 12.8. The number of halogens is 1. The van der Waals surface area contributed by atoms with Crippen LogP contribution in [0, 0.1) is 10.1 Å². The predicted molar refractivity (Wildman–Crippen MR) is 91.5 cm³/mol. The Kier molecular flexibility index (Phi) is 7.77. The van der Waals surface area contributed by atoms with Crippen LogP contribution in [-0.2, 0) is 19.6 Å². The maximum absolute atomic E-state index is 12.9.